The van der Waals surface area contributed by atoms with Gasteiger partial charge in [0.15, 0.2) is 9.33 Å². The van der Waals surface area contributed by atoms with Crippen molar-refractivity contribution >= 4 is 45.4 Å². The average molecular weight is 428 g/mol. The first-order valence-electron chi connectivity index (χ1n) is 7.37. The summed E-state index contributed by atoms with van der Waals surface area (Å²) in [6.45, 7) is 6.83. The van der Waals surface area contributed by atoms with Gasteiger partial charge in [-0.25, -0.2) is 4.79 Å². The molecular weight excluding hydrogens is 407 g/mol. The van der Waals surface area contributed by atoms with Gasteiger partial charge in [-0.05, 0) is 61.9 Å². The van der Waals surface area contributed by atoms with Crippen LogP contribution in [0.15, 0.2) is 30.5 Å². The number of para-hydroxylation sites is 1. The van der Waals surface area contributed by atoms with Gasteiger partial charge in [0.05, 0.1) is 0 Å². The van der Waals surface area contributed by atoms with Crippen molar-refractivity contribution in [2.24, 2.45) is 0 Å². The quantitative estimate of drug-likeness (QED) is 0.440. The lowest BCUT2D eigenvalue weighted by Gasteiger charge is -2.28. The van der Waals surface area contributed by atoms with Crippen molar-refractivity contribution in [2.45, 2.75) is 43.3 Å². The Hall–Kier alpha value is -1.57. The second-order valence-corrected chi connectivity index (χ2v) is 8.36. The summed E-state index contributed by atoms with van der Waals surface area (Å²) >= 11 is 1.99. The highest BCUT2D eigenvalue weighted by Crippen LogP contribution is 2.28. The molecule has 0 aliphatic heterocycles. The molecule has 5 nitrogen and oxygen atoms in total. The maximum Gasteiger partial charge on any atom is 0.409 e. The molecule has 2 rings (SSSR count). The number of alkyl carbamates (subject to hydrolysis) is 1. The number of Topliss-reactive ketones (excluding diaryl/α,β-unsaturated/α-hetero) is 1. The molecule has 2 aromatic rings. The molecule has 1 aromatic heterocycles. The van der Waals surface area contributed by atoms with Gasteiger partial charge in [0, 0.05) is 23.5 Å². The Bertz CT molecular complexity index is 733. The number of hydrogen-bond donors (Lipinski definition) is 2. The molecule has 2 N–H and O–H groups in total. The van der Waals surface area contributed by atoms with Gasteiger partial charge in [0.2, 0.25) is 0 Å². The number of benzene rings is 1. The SMILES string of the molecule is CC(=O)[C@](I)(Cc1c[nH]c2ccccc12)NC(=O)OC(C)(C)C. The zero-order chi connectivity index (χ0) is 17.3. The zero-order valence-electron chi connectivity index (χ0n) is 13.7. The number of aromatic amines is 1. The van der Waals surface area contributed by atoms with Crippen molar-refractivity contribution in [3.63, 3.8) is 0 Å². The summed E-state index contributed by atoms with van der Waals surface area (Å²) in [6.07, 6.45) is 1.66. The van der Waals surface area contributed by atoms with E-state index in [2.05, 4.69) is 10.3 Å². The number of fused-ring (bicyclic) bond motifs is 1. The van der Waals surface area contributed by atoms with Crippen molar-refractivity contribution in [1.82, 2.24) is 10.3 Å². The molecule has 0 unspecified atom stereocenters. The highest BCUT2D eigenvalue weighted by atomic mass is 127. The summed E-state index contributed by atoms with van der Waals surface area (Å²) in [5, 5.41) is 3.76. The van der Waals surface area contributed by atoms with Crippen LogP contribution in [-0.4, -0.2) is 26.0 Å². The van der Waals surface area contributed by atoms with Gasteiger partial charge >= 0.3 is 6.09 Å². The molecule has 1 aromatic carbocycles. The standard InChI is InChI=1S/C17H21IN2O3/c1-11(21)17(18,20-15(22)23-16(2,3)4)9-12-10-19-14-8-6-5-7-13(12)14/h5-8,10,19H,9H2,1-4H3,(H,20,22)/t17-/m0/s1. The Morgan fingerprint density at radius 3 is 2.52 bits per heavy atom. The molecule has 0 fully saturated rings. The molecule has 0 radical (unpaired) electrons. The summed E-state index contributed by atoms with van der Waals surface area (Å²) in [7, 11) is 0. The summed E-state index contributed by atoms with van der Waals surface area (Å²) in [5.41, 5.74) is 1.36. The minimum Gasteiger partial charge on any atom is -0.444 e. The van der Waals surface area contributed by atoms with Crippen LogP contribution in [0.2, 0.25) is 0 Å². The number of amides is 1. The molecule has 0 spiro atoms. The molecule has 124 valence electrons. The monoisotopic (exact) mass is 428 g/mol. The molecule has 0 bridgehead atoms. The third-order valence-corrected chi connectivity index (χ3v) is 4.78. The first kappa shape index (κ1) is 17.8. The van der Waals surface area contributed by atoms with Crippen molar-refractivity contribution in [3.05, 3.63) is 36.0 Å². The smallest absolute Gasteiger partial charge is 0.409 e. The van der Waals surface area contributed by atoms with E-state index in [0.29, 0.717) is 6.42 Å². The first-order chi connectivity index (χ1) is 10.6. The number of ether oxygens (including phenoxy) is 1. The maximum absolute atomic E-state index is 12.1. The number of ketones is 1. The number of nitrogens with one attached hydrogen (secondary N) is 2. The number of H-pyrrole nitrogens is 1. The van der Waals surface area contributed by atoms with Crippen LogP contribution in [0.3, 0.4) is 0 Å². The van der Waals surface area contributed by atoms with Crippen LogP contribution in [0.5, 0.6) is 0 Å². The molecular formula is C17H21IN2O3. The second kappa shape index (κ2) is 6.51. The zero-order valence-corrected chi connectivity index (χ0v) is 15.9. The van der Waals surface area contributed by atoms with Gasteiger partial charge in [-0.1, -0.05) is 18.2 Å². The highest BCUT2D eigenvalue weighted by molar-refractivity contribution is 14.1. The van der Waals surface area contributed by atoms with Gasteiger partial charge in [0.25, 0.3) is 0 Å². The normalized spacial score (nSPS) is 14.3. The van der Waals surface area contributed by atoms with Crippen LogP contribution < -0.4 is 5.32 Å². The van der Waals surface area contributed by atoms with Crippen LogP contribution in [0.25, 0.3) is 10.9 Å². The molecule has 0 saturated heterocycles. The summed E-state index contributed by atoms with van der Waals surface area (Å²) in [5.74, 6) is -0.130. The average Bonchev–Trinajstić information content (AvgIpc) is 2.79. The van der Waals surface area contributed by atoms with Crippen LogP contribution in [-0.2, 0) is 16.0 Å². The van der Waals surface area contributed by atoms with Gasteiger partial charge in [0.1, 0.15) is 5.60 Å². The number of carbonyl (C=O) groups excluding carboxylic acids is 2. The Morgan fingerprint density at radius 1 is 1.26 bits per heavy atom. The molecule has 6 heteroatoms. The van der Waals surface area contributed by atoms with Crippen LogP contribution in [0.1, 0.15) is 33.3 Å². The van der Waals surface area contributed by atoms with Crippen molar-refractivity contribution in [2.75, 3.05) is 0 Å². The van der Waals surface area contributed by atoms with Gasteiger partial charge in [-0.2, -0.15) is 0 Å². The molecule has 0 aliphatic carbocycles. The van der Waals surface area contributed by atoms with E-state index < -0.39 is 15.2 Å². The minimum atomic E-state index is -1.05. The Labute approximate surface area is 149 Å². The first-order valence-corrected chi connectivity index (χ1v) is 8.45. The number of hydrogen-bond acceptors (Lipinski definition) is 3. The van der Waals surface area contributed by atoms with E-state index in [9.17, 15) is 9.59 Å². The highest BCUT2D eigenvalue weighted by Gasteiger charge is 2.36. The Morgan fingerprint density at radius 2 is 1.91 bits per heavy atom. The Balaban J connectivity index is 2.24. The third kappa shape index (κ3) is 4.46. The van der Waals surface area contributed by atoms with Crippen LogP contribution in [0, 0.1) is 0 Å². The second-order valence-electron chi connectivity index (χ2n) is 6.52. The lowest BCUT2D eigenvalue weighted by atomic mass is 10.0. The van der Waals surface area contributed by atoms with E-state index >= 15 is 0 Å². The van der Waals surface area contributed by atoms with E-state index in [1.807, 2.05) is 53.1 Å². The van der Waals surface area contributed by atoms with E-state index in [1.165, 1.54) is 6.92 Å². The predicted octanol–water partition coefficient (Wildman–Crippen LogP) is 3.96. The fourth-order valence-electron chi connectivity index (χ4n) is 2.26. The van der Waals surface area contributed by atoms with Gasteiger partial charge < -0.3 is 9.72 Å². The molecule has 0 aliphatic rings. The fourth-order valence-corrected chi connectivity index (χ4v) is 2.89. The minimum absolute atomic E-state index is 0.130. The lowest BCUT2D eigenvalue weighted by Crippen LogP contribution is -2.51. The third-order valence-electron chi connectivity index (χ3n) is 3.37. The summed E-state index contributed by atoms with van der Waals surface area (Å²) < 4.78 is 4.22. The number of carbonyl (C=O) groups is 2. The van der Waals surface area contributed by atoms with E-state index in [-0.39, 0.29) is 5.78 Å². The largest absolute Gasteiger partial charge is 0.444 e. The van der Waals surface area contributed by atoms with Crippen molar-refractivity contribution in [3.8, 4) is 0 Å². The topological polar surface area (TPSA) is 71.2 Å². The maximum atomic E-state index is 12.1. The molecule has 0 saturated carbocycles. The molecule has 23 heavy (non-hydrogen) atoms. The number of alkyl halides is 1. The number of aromatic nitrogens is 1. The van der Waals surface area contributed by atoms with E-state index in [1.54, 1.807) is 20.8 Å². The van der Waals surface area contributed by atoms with Crippen molar-refractivity contribution < 1.29 is 14.3 Å². The van der Waals surface area contributed by atoms with Gasteiger partial charge in [-0.3, -0.25) is 10.1 Å². The lowest BCUT2D eigenvalue weighted by molar-refractivity contribution is -0.119. The van der Waals surface area contributed by atoms with Crippen molar-refractivity contribution in [1.29, 1.82) is 0 Å². The van der Waals surface area contributed by atoms with E-state index in [0.717, 1.165) is 16.5 Å². The summed E-state index contributed by atoms with van der Waals surface area (Å²) in [4.78, 5) is 27.4. The molecule has 1 amide bonds. The van der Waals surface area contributed by atoms with Crippen LogP contribution >= 0.6 is 22.6 Å². The molecule has 1 atom stereocenters. The predicted molar refractivity (Wildman–Crippen MR) is 98.8 cm³/mol. The number of rotatable bonds is 4. The fraction of sp³-hybridized carbons (Fsp3) is 0.412. The van der Waals surface area contributed by atoms with Crippen LogP contribution in [0.4, 0.5) is 4.79 Å². The summed E-state index contributed by atoms with van der Waals surface area (Å²) in [6, 6.07) is 7.86. The Kier molecular flexibility index (Phi) is 5.03. The van der Waals surface area contributed by atoms with E-state index in [4.69, 9.17) is 4.74 Å². The van der Waals surface area contributed by atoms with Gasteiger partial charge in [-0.15, -0.1) is 0 Å². The number of halogens is 1. The molecule has 1 heterocycles.